The largest absolute Gasteiger partial charge is 0.355 e. The van der Waals surface area contributed by atoms with Crippen molar-refractivity contribution in [3.63, 3.8) is 0 Å². The van der Waals surface area contributed by atoms with Crippen LogP contribution in [-0.2, 0) is 4.79 Å². The smallest absolute Gasteiger partial charge is 0.222 e. The van der Waals surface area contributed by atoms with E-state index in [2.05, 4.69) is 17.6 Å². The maximum atomic E-state index is 11.4. The van der Waals surface area contributed by atoms with Crippen molar-refractivity contribution in [1.82, 2.24) is 10.6 Å². The van der Waals surface area contributed by atoms with Crippen molar-refractivity contribution in [2.24, 2.45) is 11.8 Å². The Labute approximate surface area is 106 Å². The molecule has 100 valence electrons. The van der Waals surface area contributed by atoms with Crippen molar-refractivity contribution >= 4 is 5.91 Å². The summed E-state index contributed by atoms with van der Waals surface area (Å²) in [6.07, 6.45) is 6.92. The molecule has 1 saturated carbocycles. The van der Waals surface area contributed by atoms with Gasteiger partial charge in [0.2, 0.25) is 5.91 Å². The standard InChI is InChI=1S/C14H28N2O/c1-11(2)14(17)16-10-9-15-12(3)13-7-5-4-6-8-13/h11-13,15H,4-10H2,1-3H3,(H,16,17). The summed E-state index contributed by atoms with van der Waals surface area (Å²) in [5.41, 5.74) is 0. The fourth-order valence-electron chi connectivity index (χ4n) is 2.49. The van der Waals surface area contributed by atoms with Gasteiger partial charge in [-0.1, -0.05) is 33.1 Å². The lowest BCUT2D eigenvalue weighted by Crippen LogP contribution is -2.40. The second-order valence-corrected chi connectivity index (χ2v) is 5.59. The fourth-order valence-corrected chi connectivity index (χ4v) is 2.49. The van der Waals surface area contributed by atoms with E-state index in [1.807, 2.05) is 13.8 Å². The van der Waals surface area contributed by atoms with Crippen LogP contribution in [0.25, 0.3) is 0 Å². The molecule has 0 spiro atoms. The molecule has 2 N–H and O–H groups in total. The zero-order chi connectivity index (χ0) is 12.7. The number of rotatable bonds is 6. The average Bonchev–Trinajstić information content (AvgIpc) is 2.35. The molecule has 0 aromatic heterocycles. The van der Waals surface area contributed by atoms with Crippen molar-refractivity contribution in [2.45, 2.75) is 58.9 Å². The van der Waals surface area contributed by atoms with Gasteiger partial charge < -0.3 is 10.6 Å². The molecule has 1 rings (SSSR count). The molecule has 3 heteroatoms. The molecule has 0 bridgehead atoms. The van der Waals surface area contributed by atoms with Crippen molar-refractivity contribution in [1.29, 1.82) is 0 Å². The van der Waals surface area contributed by atoms with Crippen LogP contribution in [0.5, 0.6) is 0 Å². The summed E-state index contributed by atoms with van der Waals surface area (Å²) in [5, 5.41) is 6.47. The summed E-state index contributed by atoms with van der Waals surface area (Å²) < 4.78 is 0. The maximum Gasteiger partial charge on any atom is 0.222 e. The van der Waals surface area contributed by atoms with Gasteiger partial charge in [-0.25, -0.2) is 0 Å². The first-order valence-electron chi connectivity index (χ1n) is 7.12. The lowest BCUT2D eigenvalue weighted by atomic mass is 9.84. The second kappa shape index (κ2) is 7.70. The third-order valence-corrected chi connectivity index (χ3v) is 3.77. The van der Waals surface area contributed by atoms with Crippen LogP contribution in [-0.4, -0.2) is 25.0 Å². The molecule has 0 radical (unpaired) electrons. The predicted octanol–water partition coefficient (Wildman–Crippen LogP) is 2.32. The molecular formula is C14H28N2O. The third-order valence-electron chi connectivity index (χ3n) is 3.77. The van der Waals surface area contributed by atoms with Gasteiger partial charge in [0, 0.05) is 25.0 Å². The Morgan fingerprint density at radius 3 is 2.35 bits per heavy atom. The summed E-state index contributed by atoms with van der Waals surface area (Å²) in [6, 6.07) is 0.589. The summed E-state index contributed by atoms with van der Waals surface area (Å²) in [4.78, 5) is 11.4. The molecule has 1 atom stereocenters. The highest BCUT2D eigenvalue weighted by Gasteiger charge is 2.19. The molecule has 1 unspecified atom stereocenters. The summed E-state index contributed by atoms with van der Waals surface area (Å²) in [6.45, 7) is 7.76. The highest BCUT2D eigenvalue weighted by atomic mass is 16.1. The Bertz CT molecular complexity index is 222. The number of carbonyl (C=O) groups excluding carboxylic acids is 1. The van der Waals surface area contributed by atoms with E-state index in [1.54, 1.807) is 0 Å². The van der Waals surface area contributed by atoms with E-state index in [9.17, 15) is 4.79 Å². The minimum absolute atomic E-state index is 0.0887. The van der Waals surface area contributed by atoms with E-state index in [4.69, 9.17) is 0 Å². The first-order chi connectivity index (χ1) is 8.11. The normalized spacial score (nSPS) is 19.3. The Morgan fingerprint density at radius 2 is 1.76 bits per heavy atom. The topological polar surface area (TPSA) is 41.1 Å². The summed E-state index contributed by atoms with van der Waals surface area (Å²) >= 11 is 0. The molecule has 3 nitrogen and oxygen atoms in total. The van der Waals surface area contributed by atoms with Crippen LogP contribution in [0.3, 0.4) is 0 Å². The molecule has 17 heavy (non-hydrogen) atoms. The molecule has 1 fully saturated rings. The van der Waals surface area contributed by atoms with Gasteiger partial charge in [0.05, 0.1) is 0 Å². The Hall–Kier alpha value is -0.570. The Morgan fingerprint density at radius 1 is 1.12 bits per heavy atom. The molecule has 0 aliphatic heterocycles. The van der Waals surface area contributed by atoms with Gasteiger partial charge in [-0.3, -0.25) is 4.79 Å². The van der Waals surface area contributed by atoms with Gasteiger partial charge in [0.15, 0.2) is 0 Å². The SMILES string of the molecule is CC(C)C(=O)NCCNC(C)C1CCCCC1. The van der Waals surface area contributed by atoms with Gasteiger partial charge in [0.25, 0.3) is 0 Å². The first kappa shape index (κ1) is 14.5. The van der Waals surface area contributed by atoms with E-state index in [0.29, 0.717) is 6.04 Å². The molecule has 1 aliphatic carbocycles. The Balaban J connectivity index is 2.07. The molecule has 1 amide bonds. The van der Waals surface area contributed by atoms with E-state index in [-0.39, 0.29) is 11.8 Å². The van der Waals surface area contributed by atoms with Crippen LogP contribution in [0.15, 0.2) is 0 Å². The molecule has 0 aromatic carbocycles. The second-order valence-electron chi connectivity index (χ2n) is 5.59. The third kappa shape index (κ3) is 5.53. The lowest BCUT2D eigenvalue weighted by molar-refractivity contribution is -0.123. The van der Waals surface area contributed by atoms with Gasteiger partial charge in [-0.05, 0) is 25.7 Å². The van der Waals surface area contributed by atoms with Crippen molar-refractivity contribution in [3.8, 4) is 0 Å². The number of nitrogens with one attached hydrogen (secondary N) is 2. The molecule has 0 saturated heterocycles. The van der Waals surface area contributed by atoms with Gasteiger partial charge >= 0.3 is 0 Å². The molecule has 1 aliphatic rings. The van der Waals surface area contributed by atoms with E-state index < -0.39 is 0 Å². The minimum Gasteiger partial charge on any atom is -0.355 e. The van der Waals surface area contributed by atoms with Crippen molar-refractivity contribution < 1.29 is 4.79 Å². The van der Waals surface area contributed by atoms with Gasteiger partial charge in [-0.2, -0.15) is 0 Å². The quantitative estimate of drug-likeness (QED) is 0.700. The van der Waals surface area contributed by atoms with Crippen LogP contribution in [0.4, 0.5) is 0 Å². The van der Waals surface area contributed by atoms with Gasteiger partial charge in [-0.15, -0.1) is 0 Å². The van der Waals surface area contributed by atoms with E-state index >= 15 is 0 Å². The van der Waals surface area contributed by atoms with Crippen LogP contribution < -0.4 is 10.6 Å². The molecule has 0 aromatic rings. The number of hydrogen-bond acceptors (Lipinski definition) is 2. The molecular weight excluding hydrogens is 212 g/mol. The van der Waals surface area contributed by atoms with Crippen LogP contribution in [0, 0.1) is 11.8 Å². The number of hydrogen-bond donors (Lipinski definition) is 2. The maximum absolute atomic E-state index is 11.4. The minimum atomic E-state index is 0.0887. The fraction of sp³-hybridized carbons (Fsp3) is 0.929. The zero-order valence-electron chi connectivity index (χ0n) is 11.6. The monoisotopic (exact) mass is 240 g/mol. The van der Waals surface area contributed by atoms with Crippen molar-refractivity contribution in [2.75, 3.05) is 13.1 Å². The highest BCUT2D eigenvalue weighted by molar-refractivity contribution is 5.77. The first-order valence-corrected chi connectivity index (χ1v) is 7.12. The average molecular weight is 240 g/mol. The Kier molecular flexibility index (Phi) is 6.56. The zero-order valence-corrected chi connectivity index (χ0v) is 11.6. The van der Waals surface area contributed by atoms with Crippen molar-refractivity contribution in [3.05, 3.63) is 0 Å². The lowest BCUT2D eigenvalue weighted by Gasteiger charge is -2.28. The number of amides is 1. The number of carbonyl (C=O) groups is 1. The summed E-state index contributed by atoms with van der Waals surface area (Å²) in [7, 11) is 0. The summed E-state index contributed by atoms with van der Waals surface area (Å²) in [5.74, 6) is 1.08. The van der Waals surface area contributed by atoms with E-state index in [1.165, 1.54) is 32.1 Å². The molecule has 0 heterocycles. The van der Waals surface area contributed by atoms with Crippen LogP contribution >= 0.6 is 0 Å². The highest BCUT2D eigenvalue weighted by Crippen LogP contribution is 2.26. The van der Waals surface area contributed by atoms with Crippen LogP contribution in [0.1, 0.15) is 52.9 Å². The predicted molar refractivity (Wildman–Crippen MR) is 71.9 cm³/mol. The van der Waals surface area contributed by atoms with Crippen LogP contribution in [0.2, 0.25) is 0 Å². The van der Waals surface area contributed by atoms with Gasteiger partial charge in [0.1, 0.15) is 0 Å². The van der Waals surface area contributed by atoms with E-state index in [0.717, 1.165) is 19.0 Å².